The van der Waals surface area contributed by atoms with Crippen LogP contribution >= 0.6 is 0 Å². The van der Waals surface area contributed by atoms with Crippen molar-refractivity contribution >= 4 is 5.78 Å². The molecule has 2 fully saturated rings. The summed E-state index contributed by atoms with van der Waals surface area (Å²) in [4.78, 5) is 14.8. The molecule has 2 aliphatic carbocycles. The molecule has 1 saturated heterocycles. The molecule has 110 valence electrons. The number of rotatable bonds is 0. The monoisotopic (exact) mass is 285 g/mol. The summed E-state index contributed by atoms with van der Waals surface area (Å²) >= 11 is 0. The van der Waals surface area contributed by atoms with Gasteiger partial charge in [0.1, 0.15) is 5.75 Å². The maximum Gasteiger partial charge on any atom is 0.174 e. The highest BCUT2D eigenvalue weighted by atomic mass is 16.5. The molecule has 0 unspecified atom stereocenters. The predicted octanol–water partition coefficient (Wildman–Crippen LogP) is 1.04. The first-order valence-corrected chi connectivity index (χ1v) is 7.82. The van der Waals surface area contributed by atoms with Gasteiger partial charge in [0.05, 0.1) is 11.0 Å². The van der Waals surface area contributed by atoms with Gasteiger partial charge >= 0.3 is 0 Å². The molecule has 0 radical (unpaired) electrons. The van der Waals surface area contributed by atoms with Crippen LogP contribution in [0.5, 0.6) is 5.75 Å². The lowest BCUT2D eigenvalue weighted by atomic mass is 9.49. The molecule has 2 heterocycles. The van der Waals surface area contributed by atoms with E-state index in [0.29, 0.717) is 12.8 Å². The van der Waals surface area contributed by atoms with Crippen LogP contribution in [-0.2, 0) is 16.6 Å². The fraction of sp³-hybridized carbons (Fsp3) is 0.588. The number of hydrogen-bond donors (Lipinski definition) is 1. The Bertz CT molecular complexity index is 672. The van der Waals surface area contributed by atoms with Gasteiger partial charge in [-0.25, -0.2) is 0 Å². The second kappa shape index (κ2) is 3.50. The van der Waals surface area contributed by atoms with Gasteiger partial charge in [0.25, 0.3) is 0 Å². The predicted molar refractivity (Wildman–Crippen MR) is 76.5 cm³/mol. The Hall–Kier alpha value is -1.39. The van der Waals surface area contributed by atoms with Gasteiger partial charge in [-0.15, -0.1) is 0 Å². The number of likely N-dealkylation sites (N-methyl/N-ethyl adjacent to an activating group) is 1. The van der Waals surface area contributed by atoms with Crippen molar-refractivity contribution in [3.63, 3.8) is 0 Å². The minimum absolute atomic E-state index is 0.0892. The largest absolute Gasteiger partial charge is 0.481 e. The summed E-state index contributed by atoms with van der Waals surface area (Å²) in [6.07, 6.45) is 2.16. The quantitative estimate of drug-likeness (QED) is 0.774. The van der Waals surface area contributed by atoms with Crippen LogP contribution in [0.4, 0.5) is 0 Å². The highest BCUT2D eigenvalue weighted by Gasteiger charge is 2.72. The van der Waals surface area contributed by atoms with Gasteiger partial charge < -0.3 is 14.7 Å². The highest BCUT2D eigenvalue weighted by Crippen LogP contribution is 2.62. The topological polar surface area (TPSA) is 49.8 Å². The number of aliphatic hydroxyl groups is 1. The van der Waals surface area contributed by atoms with E-state index in [-0.39, 0.29) is 11.8 Å². The summed E-state index contributed by atoms with van der Waals surface area (Å²) in [6, 6.07) is 6.19. The van der Waals surface area contributed by atoms with Crippen molar-refractivity contribution in [2.75, 3.05) is 13.6 Å². The van der Waals surface area contributed by atoms with Crippen LogP contribution < -0.4 is 4.74 Å². The average Bonchev–Trinajstić information content (AvgIpc) is 2.81. The Kier molecular flexibility index (Phi) is 2.03. The summed E-state index contributed by atoms with van der Waals surface area (Å²) in [7, 11) is 2.09. The zero-order chi connectivity index (χ0) is 14.4. The fourth-order valence-corrected chi connectivity index (χ4v) is 5.50. The summed E-state index contributed by atoms with van der Waals surface area (Å²) in [5, 5.41) is 11.6. The fourth-order valence-electron chi connectivity index (χ4n) is 5.50. The normalized spacial score (nSPS) is 43.4. The third-order valence-electron chi connectivity index (χ3n) is 6.42. The Labute approximate surface area is 123 Å². The summed E-state index contributed by atoms with van der Waals surface area (Å²) in [5.74, 6) is 0.987. The van der Waals surface area contributed by atoms with Crippen molar-refractivity contribution in [1.29, 1.82) is 0 Å². The maximum absolute atomic E-state index is 12.5. The molecular formula is C17H19NO3. The van der Waals surface area contributed by atoms with E-state index in [9.17, 15) is 9.90 Å². The molecular weight excluding hydrogens is 266 g/mol. The van der Waals surface area contributed by atoms with Gasteiger partial charge in [0, 0.05) is 18.0 Å². The molecule has 1 saturated carbocycles. The van der Waals surface area contributed by atoms with E-state index in [2.05, 4.69) is 18.0 Å². The zero-order valence-electron chi connectivity index (χ0n) is 12.1. The number of benzene rings is 1. The first kappa shape index (κ1) is 12.2. The van der Waals surface area contributed by atoms with Gasteiger partial charge in [-0.1, -0.05) is 12.1 Å². The Morgan fingerprint density at radius 3 is 3.10 bits per heavy atom. The van der Waals surface area contributed by atoms with Crippen LogP contribution in [0.25, 0.3) is 0 Å². The molecule has 1 aromatic rings. The maximum atomic E-state index is 12.5. The van der Waals surface area contributed by atoms with E-state index in [1.807, 2.05) is 12.1 Å². The number of carbonyl (C=O) groups is 1. The van der Waals surface area contributed by atoms with Crippen LogP contribution in [0.3, 0.4) is 0 Å². The molecule has 4 heteroatoms. The number of ketones is 1. The minimum Gasteiger partial charge on any atom is -0.481 e. The number of nitrogens with zero attached hydrogens (tertiary/aromatic N) is 1. The lowest BCUT2D eigenvalue weighted by molar-refractivity contribution is -0.185. The lowest BCUT2D eigenvalue weighted by Crippen LogP contribution is -2.76. The first-order chi connectivity index (χ1) is 10.1. The molecule has 1 aromatic carbocycles. The van der Waals surface area contributed by atoms with Crippen molar-refractivity contribution in [3.05, 3.63) is 29.3 Å². The van der Waals surface area contributed by atoms with Crippen molar-refractivity contribution < 1.29 is 14.6 Å². The van der Waals surface area contributed by atoms with Crippen molar-refractivity contribution in [2.45, 2.75) is 48.8 Å². The second-order valence-electron chi connectivity index (χ2n) is 7.10. The summed E-state index contributed by atoms with van der Waals surface area (Å²) < 4.78 is 6.06. The van der Waals surface area contributed by atoms with E-state index in [1.165, 1.54) is 5.56 Å². The van der Waals surface area contributed by atoms with E-state index >= 15 is 0 Å². The molecule has 4 atom stereocenters. The van der Waals surface area contributed by atoms with Gasteiger partial charge in [-0.2, -0.15) is 0 Å². The highest BCUT2D eigenvalue weighted by molar-refractivity contribution is 5.89. The SMILES string of the molecule is CN1CC[C@]23c4c5cccc4O[C@H]2C(=O)CC[C@@]3(O)[C@H]1C5. The number of carbonyl (C=O) groups excluding carboxylic acids is 1. The molecule has 0 aromatic heterocycles. The average molecular weight is 285 g/mol. The minimum atomic E-state index is -0.835. The van der Waals surface area contributed by atoms with E-state index in [0.717, 1.165) is 30.7 Å². The van der Waals surface area contributed by atoms with Crippen LogP contribution in [-0.4, -0.2) is 47.1 Å². The number of hydrogen-bond acceptors (Lipinski definition) is 4. The van der Waals surface area contributed by atoms with E-state index in [1.54, 1.807) is 0 Å². The third-order valence-corrected chi connectivity index (χ3v) is 6.42. The Morgan fingerprint density at radius 1 is 1.38 bits per heavy atom. The lowest BCUT2D eigenvalue weighted by Gasteiger charge is -2.62. The number of likely N-dealkylation sites (tertiary alicyclic amines) is 1. The molecule has 2 bridgehead atoms. The smallest absolute Gasteiger partial charge is 0.174 e. The van der Waals surface area contributed by atoms with Crippen LogP contribution in [0.1, 0.15) is 30.4 Å². The van der Waals surface area contributed by atoms with Crippen molar-refractivity contribution in [2.24, 2.45) is 0 Å². The third kappa shape index (κ3) is 1.12. The Morgan fingerprint density at radius 2 is 2.24 bits per heavy atom. The van der Waals surface area contributed by atoms with Crippen LogP contribution in [0.15, 0.2) is 18.2 Å². The molecule has 5 rings (SSSR count). The van der Waals surface area contributed by atoms with Gasteiger partial charge in [0.2, 0.25) is 0 Å². The van der Waals surface area contributed by atoms with E-state index < -0.39 is 17.1 Å². The Balaban J connectivity index is 1.87. The molecule has 4 aliphatic rings. The van der Waals surface area contributed by atoms with Gasteiger partial charge in [-0.05, 0) is 44.5 Å². The molecule has 2 aliphatic heterocycles. The van der Waals surface area contributed by atoms with Crippen molar-refractivity contribution in [1.82, 2.24) is 4.90 Å². The molecule has 1 N–H and O–H groups in total. The van der Waals surface area contributed by atoms with Crippen LogP contribution in [0, 0.1) is 0 Å². The zero-order valence-corrected chi connectivity index (χ0v) is 12.1. The summed E-state index contributed by atoms with van der Waals surface area (Å²) in [6.45, 7) is 0.911. The van der Waals surface area contributed by atoms with Crippen molar-refractivity contribution in [3.8, 4) is 5.75 Å². The molecule has 21 heavy (non-hydrogen) atoms. The second-order valence-corrected chi connectivity index (χ2v) is 7.10. The molecule has 4 nitrogen and oxygen atoms in total. The summed E-state index contributed by atoms with van der Waals surface area (Å²) in [5.41, 5.74) is 1.04. The number of piperidine rings is 1. The number of Topliss-reactive ketones (excluding diaryl/α,β-unsaturated/α-hetero) is 1. The first-order valence-electron chi connectivity index (χ1n) is 7.82. The van der Waals surface area contributed by atoms with Crippen LogP contribution in [0.2, 0.25) is 0 Å². The van der Waals surface area contributed by atoms with Gasteiger partial charge in [0.15, 0.2) is 11.9 Å². The van der Waals surface area contributed by atoms with E-state index in [4.69, 9.17) is 4.74 Å². The molecule has 0 amide bonds. The van der Waals surface area contributed by atoms with Gasteiger partial charge in [-0.3, -0.25) is 4.79 Å². The standard InChI is InChI=1S/C17H19NO3/c1-18-8-7-16-14-10-3-2-4-12(14)21-15(16)11(19)5-6-17(16,20)13(18)9-10/h2-4,13,15,20H,5-9H2,1H3/t13-,15+,16+,17-/m1/s1. The molecule has 1 spiro atoms. The number of ether oxygens (including phenoxy) is 1.